The molecule has 104 valence electrons. The largest absolute Gasteiger partial charge is 0.411 e. The van der Waals surface area contributed by atoms with Crippen LogP contribution < -0.4 is 5.32 Å². The van der Waals surface area contributed by atoms with Crippen LogP contribution >= 0.6 is 0 Å². The summed E-state index contributed by atoms with van der Waals surface area (Å²) in [4.78, 5) is 0. The highest BCUT2D eigenvalue weighted by Gasteiger charge is 2.27. The SMILES string of the molecule is COCCC(C)(C)CNCCOCC(F)(F)F. The minimum atomic E-state index is -4.24. The van der Waals surface area contributed by atoms with Crippen LogP contribution in [0.5, 0.6) is 0 Å². The normalized spacial score (nSPS) is 13.1. The Bertz CT molecular complexity index is 196. The van der Waals surface area contributed by atoms with Gasteiger partial charge in [0.25, 0.3) is 0 Å². The lowest BCUT2D eigenvalue weighted by Gasteiger charge is -2.24. The second kappa shape index (κ2) is 7.89. The van der Waals surface area contributed by atoms with E-state index in [1.807, 2.05) is 0 Å². The second-order valence-electron chi connectivity index (χ2n) is 4.75. The molecule has 0 amide bonds. The van der Waals surface area contributed by atoms with Gasteiger partial charge in [0, 0.05) is 26.8 Å². The Kier molecular flexibility index (Phi) is 7.74. The molecule has 0 aromatic carbocycles. The van der Waals surface area contributed by atoms with Crippen molar-refractivity contribution >= 4 is 0 Å². The summed E-state index contributed by atoms with van der Waals surface area (Å²) >= 11 is 0. The molecule has 0 heterocycles. The average Bonchev–Trinajstić information content (AvgIpc) is 2.19. The first-order valence-corrected chi connectivity index (χ1v) is 5.61. The summed E-state index contributed by atoms with van der Waals surface area (Å²) in [6, 6.07) is 0. The van der Waals surface area contributed by atoms with E-state index in [-0.39, 0.29) is 12.0 Å². The van der Waals surface area contributed by atoms with Gasteiger partial charge in [0.2, 0.25) is 0 Å². The van der Waals surface area contributed by atoms with Crippen LogP contribution in [0.2, 0.25) is 0 Å². The average molecular weight is 257 g/mol. The zero-order valence-corrected chi connectivity index (χ0v) is 10.7. The van der Waals surface area contributed by atoms with Crippen LogP contribution in [0.1, 0.15) is 20.3 Å². The number of rotatable bonds is 9. The molecule has 0 saturated carbocycles. The van der Waals surface area contributed by atoms with E-state index in [1.165, 1.54) is 0 Å². The number of methoxy groups -OCH3 is 1. The molecule has 3 nitrogen and oxygen atoms in total. The molecule has 0 aromatic rings. The summed E-state index contributed by atoms with van der Waals surface area (Å²) in [6.07, 6.45) is -3.34. The molecule has 0 unspecified atom stereocenters. The topological polar surface area (TPSA) is 30.5 Å². The van der Waals surface area contributed by atoms with Gasteiger partial charge in [-0.3, -0.25) is 0 Å². The number of ether oxygens (including phenoxy) is 2. The Morgan fingerprint density at radius 3 is 2.29 bits per heavy atom. The minimum absolute atomic E-state index is 0.0693. The van der Waals surface area contributed by atoms with Gasteiger partial charge in [0.1, 0.15) is 6.61 Å². The Morgan fingerprint density at radius 2 is 1.76 bits per heavy atom. The van der Waals surface area contributed by atoms with Crippen molar-refractivity contribution in [1.29, 1.82) is 0 Å². The standard InChI is InChI=1S/C11H22F3NO2/c1-10(2,4-6-16-3)8-15-5-7-17-9-11(12,13)14/h15H,4-9H2,1-3H3. The van der Waals surface area contributed by atoms with Crippen molar-refractivity contribution in [2.45, 2.75) is 26.4 Å². The van der Waals surface area contributed by atoms with Crippen LogP contribution in [-0.2, 0) is 9.47 Å². The Labute approximate surface area is 101 Å². The molecule has 0 rings (SSSR count). The molecule has 0 radical (unpaired) electrons. The molecular weight excluding hydrogens is 235 g/mol. The molecule has 0 fully saturated rings. The number of alkyl halides is 3. The maximum absolute atomic E-state index is 11.7. The molecule has 0 aromatic heterocycles. The third kappa shape index (κ3) is 11.9. The highest BCUT2D eigenvalue weighted by atomic mass is 19.4. The van der Waals surface area contributed by atoms with E-state index in [4.69, 9.17) is 4.74 Å². The van der Waals surface area contributed by atoms with Gasteiger partial charge in [0.15, 0.2) is 0 Å². The highest BCUT2D eigenvalue weighted by molar-refractivity contribution is 4.71. The van der Waals surface area contributed by atoms with Gasteiger partial charge >= 0.3 is 6.18 Å². The molecular formula is C11H22F3NO2. The number of nitrogens with one attached hydrogen (secondary N) is 1. The Balaban J connectivity index is 3.44. The molecule has 0 atom stereocenters. The van der Waals surface area contributed by atoms with Gasteiger partial charge in [0.05, 0.1) is 6.61 Å². The molecule has 0 saturated heterocycles. The summed E-state index contributed by atoms with van der Waals surface area (Å²) in [5.41, 5.74) is 0.0695. The van der Waals surface area contributed by atoms with E-state index in [9.17, 15) is 13.2 Å². The summed E-state index contributed by atoms with van der Waals surface area (Å²) < 4.78 is 44.7. The second-order valence-corrected chi connectivity index (χ2v) is 4.75. The van der Waals surface area contributed by atoms with E-state index >= 15 is 0 Å². The van der Waals surface area contributed by atoms with Crippen molar-refractivity contribution in [2.75, 3.05) is 40.0 Å². The minimum Gasteiger partial charge on any atom is -0.385 e. The third-order valence-corrected chi connectivity index (χ3v) is 2.28. The zero-order chi connectivity index (χ0) is 13.4. The van der Waals surface area contributed by atoms with E-state index in [0.29, 0.717) is 13.2 Å². The summed E-state index contributed by atoms with van der Waals surface area (Å²) in [5, 5.41) is 3.07. The first kappa shape index (κ1) is 16.7. The van der Waals surface area contributed by atoms with Crippen molar-refractivity contribution in [3.63, 3.8) is 0 Å². The lowest BCUT2D eigenvalue weighted by atomic mass is 9.90. The van der Waals surface area contributed by atoms with Crippen molar-refractivity contribution in [2.24, 2.45) is 5.41 Å². The van der Waals surface area contributed by atoms with Crippen molar-refractivity contribution in [3.8, 4) is 0 Å². The van der Waals surface area contributed by atoms with Crippen molar-refractivity contribution in [3.05, 3.63) is 0 Å². The van der Waals surface area contributed by atoms with Crippen LogP contribution in [0.15, 0.2) is 0 Å². The van der Waals surface area contributed by atoms with E-state index in [1.54, 1.807) is 7.11 Å². The van der Waals surface area contributed by atoms with Gasteiger partial charge < -0.3 is 14.8 Å². The molecule has 0 aliphatic carbocycles. The summed E-state index contributed by atoms with van der Waals surface area (Å²) in [7, 11) is 1.65. The van der Waals surface area contributed by atoms with Crippen LogP contribution in [0.4, 0.5) is 13.2 Å². The van der Waals surface area contributed by atoms with Gasteiger partial charge in [-0.2, -0.15) is 13.2 Å². The van der Waals surface area contributed by atoms with Crippen LogP contribution in [0, 0.1) is 5.41 Å². The Morgan fingerprint density at radius 1 is 1.12 bits per heavy atom. The van der Waals surface area contributed by atoms with Gasteiger partial charge in [-0.25, -0.2) is 0 Å². The quantitative estimate of drug-likeness (QED) is 0.642. The van der Waals surface area contributed by atoms with Crippen LogP contribution in [-0.4, -0.2) is 46.2 Å². The van der Waals surface area contributed by atoms with Crippen molar-refractivity contribution in [1.82, 2.24) is 5.32 Å². The summed E-state index contributed by atoms with van der Waals surface area (Å²) in [5.74, 6) is 0. The van der Waals surface area contributed by atoms with E-state index in [0.717, 1.165) is 13.0 Å². The maximum Gasteiger partial charge on any atom is 0.411 e. The fraction of sp³-hybridized carbons (Fsp3) is 1.00. The fourth-order valence-electron chi connectivity index (χ4n) is 1.23. The van der Waals surface area contributed by atoms with Crippen LogP contribution in [0.3, 0.4) is 0 Å². The smallest absolute Gasteiger partial charge is 0.385 e. The highest BCUT2D eigenvalue weighted by Crippen LogP contribution is 2.18. The molecule has 0 bridgehead atoms. The number of hydrogen-bond acceptors (Lipinski definition) is 3. The van der Waals surface area contributed by atoms with Gasteiger partial charge in [-0.15, -0.1) is 0 Å². The number of halogens is 3. The first-order valence-electron chi connectivity index (χ1n) is 5.61. The first-order chi connectivity index (χ1) is 7.77. The Hall–Kier alpha value is -0.330. The van der Waals surface area contributed by atoms with Crippen molar-refractivity contribution < 1.29 is 22.6 Å². The number of hydrogen-bond donors (Lipinski definition) is 1. The van der Waals surface area contributed by atoms with Gasteiger partial charge in [-0.1, -0.05) is 13.8 Å². The maximum atomic E-state index is 11.7. The monoisotopic (exact) mass is 257 g/mol. The zero-order valence-electron chi connectivity index (χ0n) is 10.7. The molecule has 0 aliphatic heterocycles. The predicted octanol–water partition coefficient (Wildman–Crippen LogP) is 2.22. The van der Waals surface area contributed by atoms with E-state index < -0.39 is 12.8 Å². The third-order valence-electron chi connectivity index (χ3n) is 2.28. The predicted molar refractivity (Wildman–Crippen MR) is 60.0 cm³/mol. The molecule has 17 heavy (non-hydrogen) atoms. The molecule has 0 aliphatic rings. The lowest BCUT2D eigenvalue weighted by molar-refractivity contribution is -0.173. The van der Waals surface area contributed by atoms with E-state index in [2.05, 4.69) is 23.9 Å². The van der Waals surface area contributed by atoms with Crippen LogP contribution in [0.25, 0.3) is 0 Å². The summed E-state index contributed by atoms with van der Waals surface area (Å²) in [6.45, 7) is 4.88. The molecule has 1 N–H and O–H groups in total. The molecule has 0 spiro atoms. The fourth-order valence-corrected chi connectivity index (χ4v) is 1.23. The molecule has 6 heteroatoms. The van der Waals surface area contributed by atoms with Gasteiger partial charge in [-0.05, 0) is 11.8 Å². The lowest BCUT2D eigenvalue weighted by Crippen LogP contribution is -2.33.